The summed E-state index contributed by atoms with van der Waals surface area (Å²) in [6.07, 6.45) is 4.09. The van der Waals surface area contributed by atoms with E-state index in [9.17, 15) is 9.59 Å². The van der Waals surface area contributed by atoms with Crippen LogP contribution < -0.4 is 10.2 Å². The van der Waals surface area contributed by atoms with E-state index in [1.165, 1.54) is 4.90 Å². The highest BCUT2D eigenvalue weighted by atomic mass is 32.1. The lowest BCUT2D eigenvalue weighted by Crippen LogP contribution is -2.46. The maximum absolute atomic E-state index is 13.6. The molecule has 1 saturated carbocycles. The molecule has 7 nitrogen and oxygen atoms in total. The van der Waals surface area contributed by atoms with Gasteiger partial charge in [-0.25, -0.2) is 0 Å². The van der Waals surface area contributed by atoms with Crippen LogP contribution in [0.2, 0.25) is 0 Å². The van der Waals surface area contributed by atoms with Crippen LogP contribution in [0.4, 0.5) is 5.69 Å². The molecular formula is C23H26N4O3S. The first-order valence-electron chi connectivity index (χ1n) is 10.5. The Balaban J connectivity index is 1.80. The zero-order valence-electron chi connectivity index (χ0n) is 17.9. The van der Waals surface area contributed by atoms with Gasteiger partial charge in [-0.3, -0.25) is 14.5 Å². The predicted molar refractivity (Wildman–Crippen MR) is 119 cm³/mol. The van der Waals surface area contributed by atoms with Crippen molar-refractivity contribution in [1.82, 2.24) is 14.9 Å². The summed E-state index contributed by atoms with van der Waals surface area (Å²) in [6, 6.07) is 8.44. The Bertz CT molecular complexity index is 1070. The van der Waals surface area contributed by atoms with E-state index in [0.717, 1.165) is 48.3 Å². The number of aromatic nitrogens is 2. The number of rotatable bonds is 6. The molecule has 1 atom stereocenters. The fourth-order valence-electron chi connectivity index (χ4n) is 3.96. The zero-order chi connectivity index (χ0) is 22.0. The number of amides is 2. The van der Waals surface area contributed by atoms with Gasteiger partial charge in [0, 0.05) is 17.1 Å². The first kappa shape index (κ1) is 21.2. The molecule has 1 aliphatic carbocycles. The van der Waals surface area contributed by atoms with Gasteiger partial charge in [0.2, 0.25) is 0 Å². The minimum atomic E-state index is -0.953. The van der Waals surface area contributed by atoms with Crippen molar-refractivity contribution in [1.29, 1.82) is 0 Å². The van der Waals surface area contributed by atoms with Crippen LogP contribution in [0.1, 0.15) is 64.9 Å². The molecule has 0 bridgehead atoms. The molecule has 0 radical (unpaired) electrons. The van der Waals surface area contributed by atoms with Gasteiger partial charge in [-0.15, -0.1) is 5.10 Å². The molecular weight excluding hydrogens is 412 g/mol. The minimum absolute atomic E-state index is 0.115. The molecule has 31 heavy (non-hydrogen) atoms. The fraction of sp³-hybridized carbons (Fsp3) is 0.391. The molecule has 8 heteroatoms. The molecule has 1 fully saturated rings. The van der Waals surface area contributed by atoms with Crippen molar-refractivity contribution in [3.8, 4) is 0 Å². The summed E-state index contributed by atoms with van der Waals surface area (Å²) < 4.78 is 9.70. The van der Waals surface area contributed by atoms with Crippen LogP contribution in [0.3, 0.4) is 0 Å². The molecule has 0 unspecified atom stereocenters. The highest BCUT2D eigenvalue weighted by molar-refractivity contribution is 7.03. The number of carbonyl (C=O) groups is 2. The minimum Gasteiger partial charge on any atom is -0.464 e. The summed E-state index contributed by atoms with van der Waals surface area (Å²) >= 11 is 1.10. The topological polar surface area (TPSA) is 88.3 Å². The maximum Gasteiger partial charge on any atom is 0.280 e. The van der Waals surface area contributed by atoms with Crippen LogP contribution in [0, 0.1) is 20.8 Å². The smallest absolute Gasteiger partial charge is 0.280 e. The third kappa shape index (κ3) is 4.54. The molecule has 2 amide bonds. The van der Waals surface area contributed by atoms with Gasteiger partial charge in [0.05, 0.1) is 0 Å². The molecule has 1 aromatic carbocycles. The van der Waals surface area contributed by atoms with Crippen LogP contribution >= 0.6 is 11.5 Å². The number of furan rings is 1. The maximum atomic E-state index is 13.6. The van der Waals surface area contributed by atoms with Crippen LogP contribution in [0.25, 0.3) is 0 Å². The summed E-state index contributed by atoms with van der Waals surface area (Å²) in [5, 5.41) is 8.69. The number of nitrogens with zero attached hydrogens (tertiary/aromatic N) is 3. The first-order valence-corrected chi connectivity index (χ1v) is 11.3. The van der Waals surface area contributed by atoms with Gasteiger partial charge in [0.1, 0.15) is 11.5 Å². The SMILES string of the molecule is Cc1ccc([C@H](C(=O)NC2CCCC2)N(C(=O)c2csnn2)c2ccc(C)c(C)c2)o1. The number of aryl methyl sites for hydroxylation is 3. The molecule has 1 N–H and O–H groups in total. The monoisotopic (exact) mass is 438 g/mol. The van der Waals surface area contributed by atoms with Gasteiger partial charge in [-0.2, -0.15) is 0 Å². The number of carbonyl (C=O) groups excluding carboxylic acids is 2. The number of hydrogen-bond donors (Lipinski definition) is 1. The molecule has 2 heterocycles. The number of benzene rings is 1. The van der Waals surface area contributed by atoms with Crippen molar-refractivity contribution >= 4 is 29.0 Å². The Morgan fingerprint density at radius 1 is 1.13 bits per heavy atom. The van der Waals surface area contributed by atoms with E-state index in [1.807, 2.05) is 39.0 Å². The second kappa shape index (κ2) is 9.01. The van der Waals surface area contributed by atoms with Crippen molar-refractivity contribution in [2.24, 2.45) is 0 Å². The van der Waals surface area contributed by atoms with E-state index >= 15 is 0 Å². The van der Waals surface area contributed by atoms with Crippen molar-refractivity contribution in [2.45, 2.75) is 58.5 Å². The van der Waals surface area contributed by atoms with Gasteiger partial charge in [0.15, 0.2) is 11.7 Å². The fourth-order valence-corrected chi connectivity index (χ4v) is 4.39. The summed E-state index contributed by atoms with van der Waals surface area (Å²) in [5.74, 6) is 0.452. The Labute approximate surface area is 185 Å². The molecule has 2 aromatic heterocycles. The second-order valence-electron chi connectivity index (χ2n) is 8.07. The lowest BCUT2D eigenvalue weighted by Gasteiger charge is -2.30. The van der Waals surface area contributed by atoms with Gasteiger partial charge in [-0.1, -0.05) is 23.4 Å². The summed E-state index contributed by atoms with van der Waals surface area (Å²) in [7, 11) is 0. The van der Waals surface area contributed by atoms with Gasteiger partial charge in [-0.05, 0) is 80.5 Å². The first-order chi connectivity index (χ1) is 14.9. The van der Waals surface area contributed by atoms with Gasteiger partial charge >= 0.3 is 0 Å². The Morgan fingerprint density at radius 2 is 1.90 bits per heavy atom. The van der Waals surface area contributed by atoms with E-state index < -0.39 is 11.9 Å². The normalized spacial score (nSPS) is 15.1. The van der Waals surface area contributed by atoms with E-state index in [2.05, 4.69) is 14.9 Å². The summed E-state index contributed by atoms with van der Waals surface area (Å²) in [6.45, 7) is 5.81. The van der Waals surface area contributed by atoms with Crippen molar-refractivity contribution in [3.05, 3.63) is 64.1 Å². The van der Waals surface area contributed by atoms with Crippen molar-refractivity contribution in [2.75, 3.05) is 4.90 Å². The average molecular weight is 439 g/mol. The third-order valence-corrected chi connectivity index (χ3v) is 6.31. The molecule has 4 rings (SSSR count). The molecule has 0 aliphatic heterocycles. The number of hydrogen-bond acceptors (Lipinski definition) is 6. The van der Waals surface area contributed by atoms with Crippen LogP contribution in [-0.2, 0) is 4.79 Å². The summed E-state index contributed by atoms with van der Waals surface area (Å²) in [5.41, 5.74) is 2.94. The molecule has 0 spiro atoms. The Hall–Kier alpha value is -3.00. The second-order valence-corrected chi connectivity index (χ2v) is 8.68. The molecule has 162 valence electrons. The van der Waals surface area contributed by atoms with Crippen LogP contribution in [0.15, 0.2) is 40.1 Å². The standard InChI is InChI=1S/C23H26N4O3S/c1-14-8-10-18(12-15(14)2)27(23(29)19-13-31-26-25-19)21(20-11-9-16(3)30-20)22(28)24-17-6-4-5-7-17/h8-13,17,21H,4-7H2,1-3H3,(H,24,28)/t21-/m1/s1. The quantitative estimate of drug-likeness (QED) is 0.612. The Kier molecular flexibility index (Phi) is 6.18. The van der Waals surface area contributed by atoms with Crippen molar-refractivity contribution in [3.63, 3.8) is 0 Å². The van der Waals surface area contributed by atoms with Crippen LogP contribution in [0.5, 0.6) is 0 Å². The Morgan fingerprint density at radius 3 is 2.52 bits per heavy atom. The lowest BCUT2D eigenvalue weighted by molar-refractivity contribution is -0.123. The van der Waals surface area contributed by atoms with E-state index in [4.69, 9.17) is 4.42 Å². The average Bonchev–Trinajstić information content (AvgIpc) is 3.51. The third-order valence-electron chi connectivity index (χ3n) is 5.81. The van der Waals surface area contributed by atoms with E-state index in [1.54, 1.807) is 17.5 Å². The zero-order valence-corrected chi connectivity index (χ0v) is 18.7. The highest BCUT2D eigenvalue weighted by Gasteiger charge is 2.37. The lowest BCUT2D eigenvalue weighted by atomic mass is 10.1. The van der Waals surface area contributed by atoms with E-state index in [-0.39, 0.29) is 17.6 Å². The number of nitrogens with one attached hydrogen (secondary N) is 1. The molecule has 1 aliphatic rings. The van der Waals surface area contributed by atoms with Crippen LogP contribution in [-0.4, -0.2) is 27.4 Å². The van der Waals surface area contributed by atoms with Crippen molar-refractivity contribution < 1.29 is 14.0 Å². The van der Waals surface area contributed by atoms with Gasteiger partial charge < -0.3 is 9.73 Å². The van der Waals surface area contributed by atoms with E-state index in [0.29, 0.717) is 17.2 Å². The highest BCUT2D eigenvalue weighted by Crippen LogP contribution is 2.32. The largest absolute Gasteiger partial charge is 0.464 e. The predicted octanol–water partition coefficient (Wildman–Crippen LogP) is 4.50. The summed E-state index contributed by atoms with van der Waals surface area (Å²) in [4.78, 5) is 28.6. The molecule has 3 aromatic rings. The van der Waals surface area contributed by atoms with Gasteiger partial charge in [0.25, 0.3) is 11.8 Å². The molecule has 0 saturated heterocycles. The number of anilines is 1.